The van der Waals surface area contributed by atoms with Crippen molar-refractivity contribution in [2.45, 2.75) is 32.7 Å². The maximum Gasteiger partial charge on any atom is 0.126 e. The molecule has 1 aliphatic rings. The van der Waals surface area contributed by atoms with Gasteiger partial charge in [0.15, 0.2) is 0 Å². The van der Waals surface area contributed by atoms with Crippen LogP contribution in [0.15, 0.2) is 18.2 Å². The molecular weight excluding hydrogens is 215 g/mol. The molecule has 1 aliphatic heterocycles. The van der Waals surface area contributed by atoms with Crippen molar-refractivity contribution >= 4 is 5.69 Å². The van der Waals surface area contributed by atoms with E-state index in [9.17, 15) is 4.39 Å². The molecule has 2 atom stereocenters. The van der Waals surface area contributed by atoms with Crippen LogP contribution < -0.4 is 4.90 Å². The highest BCUT2D eigenvalue weighted by molar-refractivity contribution is 5.53. The molecular formula is C14H17FN2. The number of hydrogen-bond acceptors (Lipinski definition) is 2. The van der Waals surface area contributed by atoms with Gasteiger partial charge in [0.05, 0.1) is 11.6 Å². The number of nitrogens with zero attached hydrogens (tertiary/aromatic N) is 2. The van der Waals surface area contributed by atoms with Gasteiger partial charge < -0.3 is 4.90 Å². The molecule has 90 valence electrons. The summed E-state index contributed by atoms with van der Waals surface area (Å²) >= 11 is 0. The number of hydrogen-bond donors (Lipinski definition) is 0. The van der Waals surface area contributed by atoms with E-state index < -0.39 is 0 Å². The minimum absolute atomic E-state index is 0.329. The highest BCUT2D eigenvalue weighted by Gasteiger charge is 2.23. The molecule has 2 nitrogen and oxygen atoms in total. The molecule has 0 aliphatic carbocycles. The van der Waals surface area contributed by atoms with Crippen LogP contribution in [0.1, 0.15) is 32.3 Å². The Morgan fingerprint density at radius 3 is 2.76 bits per heavy atom. The Bertz CT molecular complexity index is 450. The van der Waals surface area contributed by atoms with Gasteiger partial charge >= 0.3 is 0 Å². The number of halogens is 1. The number of piperidine rings is 1. The van der Waals surface area contributed by atoms with Crippen molar-refractivity contribution in [2.75, 3.05) is 11.4 Å². The zero-order chi connectivity index (χ0) is 12.4. The zero-order valence-corrected chi connectivity index (χ0v) is 10.3. The van der Waals surface area contributed by atoms with Crippen molar-refractivity contribution < 1.29 is 4.39 Å². The van der Waals surface area contributed by atoms with Crippen molar-refractivity contribution in [3.05, 3.63) is 29.6 Å². The van der Waals surface area contributed by atoms with Crippen LogP contribution in [0.25, 0.3) is 0 Å². The predicted molar refractivity (Wildman–Crippen MR) is 66.3 cm³/mol. The molecule has 2 unspecified atom stereocenters. The van der Waals surface area contributed by atoms with Crippen molar-refractivity contribution in [1.82, 2.24) is 0 Å². The third kappa shape index (κ3) is 2.58. The van der Waals surface area contributed by atoms with Gasteiger partial charge in [-0.2, -0.15) is 5.26 Å². The topological polar surface area (TPSA) is 27.0 Å². The fourth-order valence-electron chi connectivity index (χ4n) is 2.45. The van der Waals surface area contributed by atoms with E-state index in [0.29, 0.717) is 17.5 Å². The lowest BCUT2D eigenvalue weighted by molar-refractivity contribution is 0.390. The first kappa shape index (κ1) is 11.9. The van der Waals surface area contributed by atoms with E-state index in [-0.39, 0.29) is 5.82 Å². The third-order valence-corrected chi connectivity index (χ3v) is 3.46. The number of nitriles is 1. The number of rotatable bonds is 1. The first-order chi connectivity index (χ1) is 8.10. The van der Waals surface area contributed by atoms with Gasteiger partial charge in [-0.25, -0.2) is 4.39 Å². The van der Waals surface area contributed by atoms with E-state index in [1.54, 1.807) is 6.07 Å². The van der Waals surface area contributed by atoms with Gasteiger partial charge in [0.2, 0.25) is 0 Å². The summed E-state index contributed by atoms with van der Waals surface area (Å²) in [5.41, 5.74) is 1.23. The second-order valence-electron chi connectivity index (χ2n) is 4.99. The normalized spacial score (nSPS) is 24.5. The van der Waals surface area contributed by atoms with Crippen LogP contribution in [-0.4, -0.2) is 12.6 Å². The van der Waals surface area contributed by atoms with Gasteiger partial charge in [-0.1, -0.05) is 6.92 Å². The largest absolute Gasteiger partial charge is 0.368 e. The van der Waals surface area contributed by atoms with E-state index in [2.05, 4.69) is 18.7 Å². The number of anilines is 1. The van der Waals surface area contributed by atoms with Crippen LogP contribution >= 0.6 is 0 Å². The summed E-state index contributed by atoms with van der Waals surface area (Å²) in [5.74, 6) is 0.296. The third-order valence-electron chi connectivity index (χ3n) is 3.46. The van der Waals surface area contributed by atoms with E-state index in [0.717, 1.165) is 18.7 Å². The lowest BCUT2D eigenvalue weighted by atomic mass is 9.94. The summed E-state index contributed by atoms with van der Waals surface area (Å²) < 4.78 is 13.4. The molecule has 0 amide bonds. The summed E-state index contributed by atoms with van der Waals surface area (Å²) in [6.07, 6.45) is 2.34. The van der Waals surface area contributed by atoms with Gasteiger partial charge in [0.1, 0.15) is 5.82 Å². The lowest BCUT2D eigenvalue weighted by Crippen LogP contribution is -2.41. The monoisotopic (exact) mass is 232 g/mol. The van der Waals surface area contributed by atoms with E-state index in [1.165, 1.54) is 18.6 Å². The van der Waals surface area contributed by atoms with Crippen molar-refractivity contribution in [3.63, 3.8) is 0 Å². The standard InChI is InChI=1S/C14H17FN2/c1-10-3-4-11(2)17(9-10)14-6-12(8-16)5-13(15)7-14/h5-7,10-11H,3-4,9H2,1-2H3. The smallest absolute Gasteiger partial charge is 0.126 e. The molecule has 2 rings (SSSR count). The molecule has 0 saturated carbocycles. The van der Waals surface area contributed by atoms with Gasteiger partial charge in [0.25, 0.3) is 0 Å². The first-order valence-electron chi connectivity index (χ1n) is 6.07. The molecule has 0 aromatic heterocycles. The van der Waals surface area contributed by atoms with Gasteiger partial charge in [-0.3, -0.25) is 0 Å². The maximum absolute atomic E-state index is 13.4. The summed E-state index contributed by atoms with van der Waals surface area (Å²) in [4.78, 5) is 2.21. The fraction of sp³-hybridized carbons (Fsp3) is 0.500. The number of benzene rings is 1. The molecule has 17 heavy (non-hydrogen) atoms. The van der Waals surface area contributed by atoms with Crippen LogP contribution in [0, 0.1) is 23.1 Å². The Kier molecular flexibility index (Phi) is 3.33. The fourth-order valence-corrected chi connectivity index (χ4v) is 2.45. The average molecular weight is 232 g/mol. The van der Waals surface area contributed by atoms with E-state index in [1.807, 2.05) is 6.07 Å². The second-order valence-corrected chi connectivity index (χ2v) is 4.99. The molecule has 1 aromatic rings. The highest BCUT2D eigenvalue weighted by atomic mass is 19.1. The van der Waals surface area contributed by atoms with Crippen LogP contribution in [0.2, 0.25) is 0 Å². The quantitative estimate of drug-likeness (QED) is 0.742. The zero-order valence-electron chi connectivity index (χ0n) is 10.3. The van der Waals surface area contributed by atoms with Gasteiger partial charge in [-0.15, -0.1) is 0 Å². The van der Waals surface area contributed by atoms with Crippen molar-refractivity contribution in [3.8, 4) is 6.07 Å². The molecule has 1 fully saturated rings. The SMILES string of the molecule is CC1CCC(C)N(c2cc(F)cc(C#N)c2)C1. The first-order valence-corrected chi connectivity index (χ1v) is 6.07. The Hall–Kier alpha value is -1.56. The van der Waals surface area contributed by atoms with Crippen molar-refractivity contribution in [2.24, 2.45) is 5.92 Å². The van der Waals surface area contributed by atoms with Crippen LogP contribution in [0.4, 0.5) is 10.1 Å². The molecule has 0 bridgehead atoms. The van der Waals surface area contributed by atoms with Crippen LogP contribution in [-0.2, 0) is 0 Å². The summed E-state index contributed by atoms with van der Waals surface area (Å²) in [6.45, 7) is 5.31. The van der Waals surface area contributed by atoms with Crippen LogP contribution in [0.3, 0.4) is 0 Å². The van der Waals surface area contributed by atoms with Gasteiger partial charge in [0, 0.05) is 18.3 Å². The second kappa shape index (κ2) is 4.75. The summed E-state index contributed by atoms with van der Waals surface area (Å²) in [5, 5.41) is 8.87. The van der Waals surface area contributed by atoms with Gasteiger partial charge in [-0.05, 0) is 43.9 Å². The Morgan fingerprint density at radius 2 is 2.06 bits per heavy atom. The Morgan fingerprint density at radius 1 is 1.29 bits per heavy atom. The Labute approximate surface area is 102 Å². The Balaban J connectivity index is 2.32. The summed E-state index contributed by atoms with van der Waals surface area (Å²) in [7, 11) is 0. The average Bonchev–Trinajstić information content (AvgIpc) is 2.31. The molecule has 1 aromatic carbocycles. The van der Waals surface area contributed by atoms with Crippen LogP contribution in [0.5, 0.6) is 0 Å². The molecule has 0 spiro atoms. The highest BCUT2D eigenvalue weighted by Crippen LogP contribution is 2.28. The minimum atomic E-state index is -0.329. The predicted octanol–water partition coefficient (Wildman–Crippen LogP) is 3.32. The lowest BCUT2D eigenvalue weighted by Gasteiger charge is -2.38. The minimum Gasteiger partial charge on any atom is -0.368 e. The van der Waals surface area contributed by atoms with E-state index >= 15 is 0 Å². The maximum atomic E-state index is 13.4. The summed E-state index contributed by atoms with van der Waals surface area (Å²) in [6, 6.07) is 7.00. The molecule has 1 heterocycles. The van der Waals surface area contributed by atoms with Crippen molar-refractivity contribution in [1.29, 1.82) is 5.26 Å². The molecule has 3 heteroatoms. The van der Waals surface area contributed by atoms with E-state index in [4.69, 9.17) is 5.26 Å². The molecule has 1 saturated heterocycles. The molecule has 0 N–H and O–H groups in total. The molecule has 0 radical (unpaired) electrons.